The van der Waals surface area contributed by atoms with Crippen molar-refractivity contribution in [1.29, 1.82) is 0 Å². The van der Waals surface area contributed by atoms with Crippen LogP contribution in [0.5, 0.6) is 0 Å². The molecule has 0 amide bonds. The Morgan fingerprint density at radius 1 is 1.19 bits per heavy atom. The van der Waals surface area contributed by atoms with Crippen molar-refractivity contribution in [3.63, 3.8) is 0 Å². The van der Waals surface area contributed by atoms with E-state index in [9.17, 15) is 18.2 Å². The van der Waals surface area contributed by atoms with Crippen molar-refractivity contribution in [2.75, 3.05) is 19.0 Å². The van der Waals surface area contributed by atoms with E-state index in [4.69, 9.17) is 0 Å². The van der Waals surface area contributed by atoms with Crippen molar-refractivity contribution in [2.45, 2.75) is 0 Å². The highest BCUT2D eigenvalue weighted by molar-refractivity contribution is 6.41. The third kappa shape index (κ3) is 3.51. The van der Waals surface area contributed by atoms with Crippen LogP contribution in [0.2, 0.25) is 0 Å². The molecule has 27 heavy (non-hydrogen) atoms. The molecule has 0 unspecified atom stereocenters. The van der Waals surface area contributed by atoms with Crippen LogP contribution < -0.4 is 4.90 Å². The number of aromatic nitrogens is 1. The van der Waals surface area contributed by atoms with Gasteiger partial charge in [0.2, 0.25) is 0 Å². The van der Waals surface area contributed by atoms with Crippen LogP contribution in [0.3, 0.4) is 0 Å². The van der Waals surface area contributed by atoms with Crippen LogP contribution in [-0.4, -0.2) is 44.8 Å². The Morgan fingerprint density at radius 2 is 1.96 bits per heavy atom. The van der Waals surface area contributed by atoms with E-state index in [1.165, 1.54) is 24.6 Å². The van der Waals surface area contributed by atoms with Crippen LogP contribution in [0.25, 0.3) is 5.57 Å². The highest BCUT2D eigenvalue weighted by atomic mass is 19.2. The molecule has 0 radical (unpaired) electrons. The van der Waals surface area contributed by atoms with Gasteiger partial charge in [0.25, 0.3) is 0 Å². The molecule has 0 atom stereocenters. The molecule has 1 aromatic heterocycles. The number of hydrogen-bond donors (Lipinski definition) is 0. The average molecular weight is 367 g/mol. The van der Waals surface area contributed by atoms with Gasteiger partial charge in [-0.05, 0) is 42.1 Å². The molecule has 0 bridgehead atoms. The van der Waals surface area contributed by atoms with Crippen molar-refractivity contribution >= 4 is 37.4 Å². The first-order chi connectivity index (χ1) is 13.0. The van der Waals surface area contributed by atoms with Gasteiger partial charge in [-0.2, -0.15) is 0 Å². The molecule has 3 rings (SSSR count). The standard InChI is InChI=1S/C19H16BF2N3O2/c1-24(2)17-6-5-14(9-15(17)12-27)19(16-8-13(11-26)10-23-16)18-4-3-7-25(18)20(21)22/h3-12H,1-2H3/b19-16-. The number of anilines is 1. The summed E-state index contributed by atoms with van der Waals surface area (Å²) in [6, 6.07) is 8.20. The number of carbonyl (C=O) groups is 2. The first-order valence-electron chi connectivity index (χ1n) is 8.13. The minimum atomic E-state index is -2.74. The maximum Gasteiger partial charge on any atom is 0.677 e. The summed E-state index contributed by atoms with van der Waals surface area (Å²) in [5.74, 6) is 0. The number of aliphatic imine (C=N–C) groups is 1. The molecule has 0 N–H and O–H groups in total. The van der Waals surface area contributed by atoms with Gasteiger partial charge in [-0.25, -0.2) is 0 Å². The number of benzene rings is 1. The zero-order valence-corrected chi connectivity index (χ0v) is 14.8. The molecule has 5 nitrogen and oxygen atoms in total. The number of allylic oxidation sites excluding steroid dienone is 2. The minimum absolute atomic E-state index is 0.245. The van der Waals surface area contributed by atoms with Gasteiger partial charge in [0.05, 0.1) is 5.70 Å². The van der Waals surface area contributed by atoms with Crippen molar-refractivity contribution in [1.82, 2.24) is 4.48 Å². The van der Waals surface area contributed by atoms with Gasteiger partial charge in [0.15, 0.2) is 12.6 Å². The fourth-order valence-electron chi connectivity index (χ4n) is 2.99. The van der Waals surface area contributed by atoms with Crippen LogP contribution in [0, 0.1) is 0 Å². The summed E-state index contributed by atoms with van der Waals surface area (Å²) in [7, 11) is 0.880. The Hall–Kier alpha value is -3.29. The Morgan fingerprint density at radius 3 is 2.56 bits per heavy atom. The molecule has 136 valence electrons. The van der Waals surface area contributed by atoms with Crippen LogP contribution in [0.15, 0.2) is 58.9 Å². The van der Waals surface area contributed by atoms with Crippen molar-refractivity contribution < 1.29 is 18.2 Å². The Balaban J connectivity index is 2.27. The highest BCUT2D eigenvalue weighted by Crippen LogP contribution is 2.33. The zero-order chi connectivity index (χ0) is 19.6. The number of nitrogens with zero attached hydrogens (tertiary/aromatic N) is 3. The summed E-state index contributed by atoms with van der Waals surface area (Å²) < 4.78 is 27.7. The first kappa shape index (κ1) is 18.5. The number of halogens is 2. The van der Waals surface area contributed by atoms with Gasteiger partial charge in [-0.1, -0.05) is 6.07 Å². The van der Waals surface area contributed by atoms with Gasteiger partial charge in [-0.15, -0.1) is 0 Å². The summed E-state index contributed by atoms with van der Waals surface area (Å²) in [6.45, 7) is 0. The lowest BCUT2D eigenvalue weighted by Crippen LogP contribution is -2.15. The van der Waals surface area contributed by atoms with Gasteiger partial charge in [-0.3, -0.25) is 23.2 Å². The Labute approximate surface area is 155 Å². The number of aldehydes is 2. The van der Waals surface area contributed by atoms with Crippen molar-refractivity contribution in [2.24, 2.45) is 4.99 Å². The molecule has 1 aliphatic rings. The molecule has 0 aliphatic carbocycles. The second-order valence-electron chi connectivity index (χ2n) is 6.14. The number of carbonyl (C=O) groups excluding carboxylic acids is 2. The fraction of sp³-hybridized carbons (Fsp3) is 0.105. The molecule has 0 fully saturated rings. The van der Waals surface area contributed by atoms with E-state index in [0.717, 1.165) is 10.8 Å². The lowest BCUT2D eigenvalue weighted by atomic mass is 9.96. The molecule has 1 aromatic carbocycles. The van der Waals surface area contributed by atoms with Gasteiger partial charge < -0.3 is 9.38 Å². The Kier molecular flexibility index (Phi) is 5.16. The maximum absolute atomic E-state index is 13.4. The van der Waals surface area contributed by atoms with E-state index in [1.807, 2.05) is 14.1 Å². The number of rotatable bonds is 6. The molecule has 2 aromatic rings. The second kappa shape index (κ2) is 7.53. The summed E-state index contributed by atoms with van der Waals surface area (Å²) >= 11 is 0. The smallest absolute Gasteiger partial charge is 0.377 e. The van der Waals surface area contributed by atoms with Crippen molar-refractivity contribution in [3.8, 4) is 0 Å². The molecule has 2 heterocycles. The first-order valence-corrected chi connectivity index (χ1v) is 8.13. The van der Waals surface area contributed by atoms with E-state index in [-0.39, 0.29) is 5.69 Å². The van der Waals surface area contributed by atoms with E-state index < -0.39 is 7.40 Å². The zero-order valence-electron chi connectivity index (χ0n) is 14.8. The highest BCUT2D eigenvalue weighted by Gasteiger charge is 2.24. The van der Waals surface area contributed by atoms with E-state index in [0.29, 0.717) is 39.9 Å². The summed E-state index contributed by atoms with van der Waals surface area (Å²) in [5.41, 5.74) is 3.08. The SMILES string of the molecule is CN(C)c1ccc(/C(=C2\C=C(C=O)C=N2)c2cccn2B(F)F)cc1C=O. The van der Waals surface area contributed by atoms with Crippen LogP contribution >= 0.6 is 0 Å². The molecule has 0 saturated carbocycles. The van der Waals surface area contributed by atoms with Gasteiger partial charge in [0, 0.05) is 48.4 Å². The monoisotopic (exact) mass is 367 g/mol. The predicted molar refractivity (Wildman–Crippen MR) is 103 cm³/mol. The summed E-state index contributed by atoms with van der Waals surface area (Å²) in [5, 5.41) is 0. The third-order valence-electron chi connectivity index (χ3n) is 4.22. The van der Waals surface area contributed by atoms with E-state index >= 15 is 0 Å². The van der Waals surface area contributed by atoms with Gasteiger partial charge in [0.1, 0.15) is 0 Å². The minimum Gasteiger partial charge on any atom is -0.377 e. The Bertz CT molecular complexity index is 991. The fourth-order valence-corrected chi connectivity index (χ4v) is 2.99. The largest absolute Gasteiger partial charge is 0.677 e. The van der Waals surface area contributed by atoms with Crippen LogP contribution in [0.4, 0.5) is 14.3 Å². The maximum atomic E-state index is 13.4. The average Bonchev–Trinajstić information content (AvgIpc) is 3.31. The molecule has 1 aliphatic heterocycles. The molecule has 0 spiro atoms. The van der Waals surface area contributed by atoms with E-state index in [2.05, 4.69) is 4.99 Å². The summed E-state index contributed by atoms with van der Waals surface area (Å²) in [4.78, 5) is 28.6. The second-order valence-corrected chi connectivity index (χ2v) is 6.14. The molecular formula is C19H16BF2N3O2. The summed E-state index contributed by atoms with van der Waals surface area (Å²) in [6.07, 6.45) is 5.56. The number of hydrogen-bond acceptors (Lipinski definition) is 4. The van der Waals surface area contributed by atoms with Crippen molar-refractivity contribution in [3.05, 3.63) is 70.7 Å². The van der Waals surface area contributed by atoms with E-state index in [1.54, 1.807) is 29.2 Å². The van der Waals surface area contributed by atoms with Gasteiger partial charge >= 0.3 is 7.40 Å². The molecule has 8 heteroatoms. The molecular weight excluding hydrogens is 351 g/mol. The molecule has 0 saturated heterocycles. The van der Waals surface area contributed by atoms with Crippen LogP contribution in [0.1, 0.15) is 21.6 Å². The topological polar surface area (TPSA) is 54.7 Å². The predicted octanol–water partition coefficient (Wildman–Crippen LogP) is 3.11. The van der Waals surface area contributed by atoms with Crippen LogP contribution in [-0.2, 0) is 4.79 Å². The third-order valence-corrected chi connectivity index (χ3v) is 4.22. The quantitative estimate of drug-likeness (QED) is 0.583. The lowest BCUT2D eigenvalue weighted by molar-refractivity contribution is -0.104. The normalized spacial score (nSPS) is 14.7. The lowest BCUT2D eigenvalue weighted by Gasteiger charge is -2.18.